The van der Waals surface area contributed by atoms with Crippen molar-refractivity contribution in [3.8, 4) is 23.0 Å². The Morgan fingerprint density at radius 3 is 1.96 bits per heavy atom. The Morgan fingerprint density at radius 1 is 0.885 bits per heavy atom. The van der Waals surface area contributed by atoms with Gasteiger partial charge in [-0.05, 0) is 55.2 Å². The zero-order valence-electron chi connectivity index (χ0n) is 15.9. The van der Waals surface area contributed by atoms with Gasteiger partial charge in [-0.3, -0.25) is 0 Å². The van der Waals surface area contributed by atoms with Crippen LogP contribution in [0.1, 0.15) is 18.1 Å². The molecule has 1 aliphatic rings. The molecule has 0 spiro atoms. The van der Waals surface area contributed by atoms with Gasteiger partial charge in [0.25, 0.3) is 0 Å². The Kier molecular flexibility index (Phi) is 5.89. The van der Waals surface area contributed by atoms with Crippen LogP contribution in [0.4, 0.5) is 0 Å². The average Bonchev–Trinajstić information content (AvgIpc) is 3.07. The lowest BCUT2D eigenvalue weighted by Gasteiger charge is -2.19. The van der Waals surface area contributed by atoms with Gasteiger partial charge < -0.3 is 24.3 Å². The van der Waals surface area contributed by atoms with Crippen LogP contribution in [0.5, 0.6) is 23.0 Å². The minimum absolute atomic E-state index is 0.0408. The van der Waals surface area contributed by atoms with E-state index in [4.69, 9.17) is 18.9 Å². The highest BCUT2D eigenvalue weighted by atomic mass is 16.5. The van der Waals surface area contributed by atoms with Crippen LogP contribution >= 0.6 is 0 Å². The number of ether oxygens (including phenoxy) is 4. The van der Waals surface area contributed by atoms with E-state index in [0.29, 0.717) is 6.04 Å². The molecular weight excluding hydrogens is 330 g/mol. The second kappa shape index (κ2) is 8.32. The molecule has 1 N–H and O–H groups in total. The zero-order chi connectivity index (χ0) is 18.5. The quantitative estimate of drug-likeness (QED) is 0.786. The molecule has 0 bridgehead atoms. The number of hydrogen-bond acceptors (Lipinski definition) is 5. The Hall–Kier alpha value is -2.40. The SMILES string of the molecule is COc1cc2c(cc1OC)CC(NCC(C)Oc1ccccc1OC)C2. The summed E-state index contributed by atoms with van der Waals surface area (Å²) in [6.07, 6.45) is 2.01. The third-order valence-electron chi connectivity index (χ3n) is 4.73. The zero-order valence-corrected chi connectivity index (χ0v) is 15.9. The lowest BCUT2D eigenvalue weighted by atomic mass is 10.1. The molecule has 1 atom stereocenters. The van der Waals surface area contributed by atoms with Crippen molar-refractivity contribution in [3.05, 3.63) is 47.5 Å². The van der Waals surface area contributed by atoms with Crippen LogP contribution in [0, 0.1) is 0 Å². The first kappa shape index (κ1) is 18.4. The third kappa shape index (κ3) is 4.05. The predicted molar refractivity (Wildman–Crippen MR) is 102 cm³/mol. The number of para-hydroxylation sites is 2. The Labute approximate surface area is 155 Å². The summed E-state index contributed by atoms with van der Waals surface area (Å²) in [5, 5.41) is 3.61. The molecule has 0 saturated carbocycles. The van der Waals surface area contributed by atoms with Gasteiger partial charge in [0.05, 0.1) is 21.3 Å². The van der Waals surface area contributed by atoms with Crippen molar-refractivity contribution in [2.75, 3.05) is 27.9 Å². The molecule has 0 aromatic heterocycles. The highest BCUT2D eigenvalue weighted by molar-refractivity contribution is 5.49. The molecule has 0 heterocycles. The fraction of sp³-hybridized carbons (Fsp3) is 0.429. The minimum atomic E-state index is 0.0408. The van der Waals surface area contributed by atoms with Gasteiger partial charge in [0.1, 0.15) is 6.10 Å². The van der Waals surface area contributed by atoms with Crippen molar-refractivity contribution in [2.45, 2.75) is 31.9 Å². The van der Waals surface area contributed by atoms with Crippen molar-refractivity contribution < 1.29 is 18.9 Å². The number of rotatable bonds is 8. The first-order chi connectivity index (χ1) is 12.6. The number of fused-ring (bicyclic) bond motifs is 1. The van der Waals surface area contributed by atoms with Crippen molar-refractivity contribution in [3.63, 3.8) is 0 Å². The summed E-state index contributed by atoms with van der Waals surface area (Å²) in [6.45, 7) is 2.83. The molecular formula is C21H27NO4. The summed E-state index contributed by atoms with van der Waals surface area (Å²) in [5.41, 5.74) is 2.64. The van der Waals surface area contributed by atoms with E-state index in [9.17, 15) is 0 Å². The number of benzene rings is 2. The Bertz CT molecular complexity index is 714. The molecule has 1 unspecified atom stereocenters. The number of methoxy groups -OCH3 is 3. The van der Waals surface area contributed by atoms with E-state index in [2.05, 4.69) is 24.4 Å². The highest BCUT2D eigenvalue weighted by Crippen LogP contribution is 2.35. The lowest BCUT2D eigenvalue weighted by molar-refractivity contribution is 0.203. The molecule has 0 radical (unpaired) electrons. The maximum atomic E-state index is 6.02. The van der Waals surface area contributed by atoms with Crippen LogP contribution in [0.2, 0.25) is 0 Å². The fourth-order valence-corrected chi connectivity index (χ4v) is 3.40. The molecule has 0 amide bonds. The van der Waals surface area contributed by atoms with E-state index >= 15 is 0 Å². The van der Waals surface area contributed by atoms with Crippen LogP contribution in [-0.2, 0) is 12.8 Å². The minimum Gasteiger partial charge on any atom is -0.493 e. The topological polar surface area (TPSA) is 49.0 Å². The van der Waals surface area contributed by atoms with E-state index in [1.165, 1.54) is 11.1 Å². The molecule has 0 saturated heterocycles. The standard InChI is InChI=1S/C21H27NO4/c1-14(26-19-8-6-5-7-18(19)23-2)13-22-17-9-15-11-20(24-3)21(25-4)12-16(15)10-17/h5-8,11-12,14,17,22H,9-10,13H2,1-4H3. The Morgan fingerprint density at radius 2 is 1.42 bits per heavy atom. The molecule has 5 nitrogen and oxygen atoms in total. The molecule has 1 aliphatic carbocycles. The summed E-state index contributed by atoms with van der Waals surface area (Å²) in [7, 11) is 5.00. The highest BCUT2D eigenvalue weighted by Gasteiger charge is 2.24. The first-order valence-corrected chi connectivity index (χ1v) is 8.91. The van der Waals surface area contributed by atoms with Crippen LogP contribution in [-0.4, -0.2) is 40.0 Å². The van der Waals surface area contributed by atoms with Gasteiger partial charge in [-0.15, -0.1) is 0 Å². The molecule has 26 heavy (non-hydrogen) atoms. The lowest BCUT2D eigenvalue weighted by Crippen LogP contribution is -2.37. The molecule has 2 aromatic rings. The number of hydrogen-bond donors (Lipinski definition) is 1. The van der Waals surface area contributed by atoms with Gasteiger partial charge in [0.15, 0.2) is 23.0 Å². The molecule has 0 aliphatic heterocycles. The smallest absolute Gasteiger partial charge is 0.161 e. The van der Waals surface area contributed by atoms with Gasteiger partial charge in [-0.2, -0.15) is 0 Å². The summed E-state index contributed by atoms with van der Waals surface area (Å²) in [4.78, 5) is 0. The van der Waals surface area contributed by atoms with Gasteiger partial charge >= 0.3 is 0 Å². The normalized spacial score (nSPS) is 14.6. The maximum absolute atomic E-state index is 6.02. The van der Waals surface area contributed by atoms with Crippen LogP contribution in [0.3, 0.4) is 0 Å². The fourth-order valence-electron chi connectivity index (χ4n) is 3.40. The Balaban J connectivity index is 1.55. The van der Waals surface area contributed by atoms with Gasteiger partial charge in [-0.1, -0.05) is 12.1 Å². The van der Waals surface area contributed by atoms with Gasteiger partial charge in [0.2, 0.25) is 0 Å². The second-order valence-corrected chi connectivity index (χ2v) is 6.57. The van der Waals surface area contributed by atoms with Crippen molar-refractivity contribution >= 4 is 0 Å². The monoisotopic (exact) mass is 357 g/mol. The van der Waals surface area contributed by atoms with Crippen LogP contribution < -0.4 is 24.3 Å². The van der Waals surface area contributed by atoms with Gasteiger partial charge in [-0.25, -0.2) is 0 Å². The largest absolute Gasteiger partial charge is 0.493 e. The molecule has 140 valence electrons. The first-order valence-electron chi connectivity index (χ1n) is 8.91. The number of nitrogens with one attached hydrogen (secondary N) is 1. The molecule has 5 heteroatoms. The molecule has 3 rings (SSSR count). The molecule has 2 aromatic carbocycles. The van der Waals surface area contributed by atoms with Crippen molar-refractivity contribution in [1.82, 2.24) is 5.32 Å². The van der Waals surface area contributed by atoms with E-state index < -0.39 is 0 Å². The van der Waals surface area contributed by atoms with Crippen molar-refractivity contribution in [1.29, 1.82) is 0 Å². The summed E-state index contributed by atoms with van der Waals surface area (Å²) in [6, 6.07) is 12.3. The average molecular weight is 357 g/mol. The summed E-state index contributed by atoms with van der Waals surface area (Å²) < 4.78 is 22.2. The van der Waals surface area contributed by atoms with Crippen LogP contribution in [0.15, 0.2) is 36.4 Å². The predicted octanol–water partition coefficient (Wildman–Crippen LogP) is 3.24. The van der Waals surface area contributed by atoms with E-state index in [-0.39, 0.29) is 6.10 Å². The van der Waals surface area contributed by atoms with Crippen LogP contribution in [0.25, 0.3) is 0 Å². The molecule has 0 fully saturated rings. The van der Waals surface area contributed by atoms with Crippen molar-refractivity contribution in [2.24, 2.45) is 0 Å². The van der Waals surface area contributed by atoms with Gasteiger partial charge in [0, 0.05) is 12.6 Å². The maximum Gasteiger partial charge on any atom is 0.161 e. The van der Waals surface area contributed by atoms with E-state index in [1.807, 2.05) is 24.3 Å². The van der Waals surface area contributed by atoms with E-state index in [1.54, 1.807) is 21.3 Å². The summed E-state index contributed by atoms with van der Waals surface area (Å²) in [5.74, 6) is 3.11. The second-order valence-electron chi connectivity index (χ2n) is 6.57. The third-order valence-corrected chi connectivity index (χ3v) is 4.73. The summed E-state index contributed by atoms with van der Waals surface area (Å²) >= 11 is 0. The van der Waals surface area contributed by atoms with E-state index in [0.717, 1.165) is 42.4 Å².